The van der Waals surface area contributed by atoms with Crippen molar-refractivity contribution < 1.29 is 0 Å². The van der Waals surface area contributed by atoms with E-state index in [9.17, 15) is 0 Å². The number of hydrogen-bond acceptors (Lipinski definition) is 3. The second-order valence-electron chi connectivity index (χ2n) is 5.17. The number of nitrogens with one attached hydrogen (secondary N) is 1. The zero-order valence-corrected chi connectivity index (χ0v) is 14.0. The molecule has 0 fully saturated rings. The van der Waals surface area contributed by atoms with Gasteiger partial charge in [-0.15, -0.1) is 0 Å². The lowest BCUT2D eigenvalue weighted by molar-refractivity contribution is 0.536. The lowest BCUT2D eigenvalue weighted by atomic mass is 10.1. The Morgan fingerprint density at radius 1 is 1.40 bits per heavy atom. The van der Waals surface area contributed by atoms with Gasteiger partial charge in [0.15, 0.2) is 5.82 Å². The first-order chi connectivity index (χ1) is 9.43. The normalized spacial score (nSPS) is 11.1. The van der Waals surface area contributed by atoms with Crippen LogP contribution in [0.1, 0.15) is 38.1 Å². The average molecular weight is 337 g/mol. The van der Waals surface area contributed by atoms with Gasteiger partial charge >= 0.3 is 0 Å². The maximum atomic E-state index is 6.16. The summed E-state index contributed by atoms with van der Waals surface area (Å²) in [4.78, 5) is 0. The fourth-order valence-corrected chi connectivity index (χ4v) is 2.57. The van der Waals surface area contributed by atoms with Crippen LogP contribution >= 0.6 is 15.9 Å². The molecule has 0 unspecified atom stereocenters. The standard InChI is InChI=1S/C15H21BrN4/c1-5-11-8-12(16)6-7-13(11)18-15-14(17)10(4)19-20(15)9(2)3/h6-9,18H,5,17H2,1-4H3. The molecule has 0 saturated heterocycles. The Morgan fingerprint density at radius 2 is 2.10 bits per heavy atom. The van der Waals surface area contributed by atoms with Crippen molar-refractivity contribution in [1.82, 2.24) is 9.78 Å². The first-order valence-electron chi connectivity index (χ1n) is 6.84. The minimum absolute atomic E-state index is 0.258. The van der Waals surface area contributed by atoms with Crippen LogP contribution in [0, 0.1) is 6.92 Å². The fraction of sp³-hybridized carbons (Fsp3) is 0.400. The summed E-state index contributed by atoms with van der Waals surface area (Å²) >= 11 is 3.51. The molecule has 2 aromatic rings. The van der Waals surface area contributed by atoms with Gasteiger partial charge in [-0.25, -0.2) is 4.68 Å². The van der Waals surface area contributed by atoms with Crippen molar-refractivity contribution in [1.29, 1.82) is 0 Å². The molecule has 4 nitrogen and oxygen atoms in total. The topological polar surface area (TPSA) is 55.9 Å². The molecule has 0 radical (unpaired) electrons. The molecule has 108 valence electrons. The van der Waals surface area contributed by atoms with Crippen LogP contribution in [0.15, 0.2) is 22.7 Å². The zero-order chi connectivity index (χ0) is 14.9. The van der Waals surface area contributed by atoms with Crippen molar-refractivity contribution in [3.63, 3.8) is 0 Å². The quantitative estimate of drug-likeness (QED) is 0.868. The van der Waals surface area contributed by atoms with Crippen molar-refractivity contribution in [3.8, 4) is 0 Å². The monoisotopic (exact) mass is 336 g/mol. The SMILES string of the molecule is CCc1cc(Br)ccc1Nc1c(N)c(C)nn1C(C)C. The Morgan fingerprint density at radius 3 is 2.70 bits per heavy atom. The molecule has 0 bridgehead atoms. The Hall–Kier alpha value is -1.49. The maximum absolute atomic E-state index is 6.16. The number of hydrogen-bond donors (Lipinski definition) is 2. The molecule has 5 heteroatoms. The first-order valence-corrected chi connectivity index (χ1v) is 7.63. The summed E-state index contributed by atoms with van der Waals surface area (Å²) in [6, 6.07) is 6.48. The van der Waals surface area contributed by atoms with Crippen LogP contribution in [-0.2, 0) is 6.42 Å². The largest absolute Gasteiger partial charge is 0.394 e. The fourth-order valence-electron chi connectivity index (χ4n) is 2.16. The Kier molecular flexibility index (Phi) is 4.38. The number of aromatic nitrogens is 2. The molecule has 0 amide bonds. The van der Waals surface area contributed by atoms with E-state index in [0.29, 0.717) is 5.69 Å². The third-order valence-corrected chi connectivity index (χ3v) is 3.82. The third-order valence-electron chi connectivity index (χ3n) is 3.32. The van der Waals surface area contributed by atoms with E-state index in [2.05, 4.69) is 59.2 Å². The highest BCUT2D eigenvalue weighted by molar-refractivity contribution is 9.10. The number of benzene rings is 1. The summed E-state index contributed by atoms with van der Waals surface area (Å²) in [7, 11) is 0. The lowest BCUT2D eigenvalue weighted by Crippen LogP contribution is -2.09. The van der Waals surface area contributed by atoms with Crippen molar-refractivity contribution >= 4 is 33.1 Å². The summed E-state index contributed by atoms with van der Waals surface area (Å²) in [6.07, 6.45) is 0.955. The number of aryl methyl sites for hydroxylation is 2. The summed E-state index contributed by atoms with van der Waals surface area (Å²) in [5, 5.41) is 7.94. The molecule has 1 aromatic carbocycles. The van der Waals surface area contributed by atoms with E-state index in [1.165, 1.54) is 5.56 Å². The van der Waals surface area contributed by atoms with Gasteiger partial charge in [0.25, 0.3) is 0 Å². The molecule has 0 aliphatic rings. The van der Waals surface area contributed by atoms with Crippen molar-refractivity contribution in [2.75, 3.05) is 11.1 Å². The highest BCUT2D eigenvalue weighted by atomic mass is 79.9. The van der Waals surface area contributed by atoms with Crippen LogP contribution in [0.25, 0.3) is 0 Å². The number of anilines is 3. The summed E-state index contributed by atoms with van der Waals surface area (Å²) in [6.45, 7) is 8.27. The number of rotatable bonds is 4. The summed E-state index contributed by atoms with van der Waals surface area (Å²) in [5.74, 6) is 0.870. The van der Waals surface area contributed by atoms with Gasteiger partial charge in [0.05, 0.1) is 11.4 Å². The lowest BCUT2D eigenvalue weighted by Gasteiger charge is -2.16. The molecule has 20 heavy (non-hydrogen) atoms. The van der Waals surface area contributed by atoms with Crippen LogP contribution < -0.4 is 11.1 Å². The molecular formula is C15H21BrN4. The molecule has 0 aliphatic heterocycles. The van der Waals surface area contributed by atoms with Crippen LogP contribution in [0.4, 0.5) is 17.2 Å². The van der Waals surface area contributed by atoms with E-state index in [1.807, 2.05) is 17.7 Å². The molecule has 0 spiro atoms. The number of nitrogen functional groups attached to an aromatic ring is 1. The molecular weight excluding hydrogens is 316 g/mol. The summed E-state index contributed by atoms with van der Waals surface area (Å²) < 4.78 is 3.02. The molecule has 3 N–H and O–H groups in total. The highest BCUT2D eigenvalue weighted by Gasteiger charge is 2.15. The zero-order valence-electron chi connectivity index (χ0n) is 12.4. The first kappa shape index (κ1) is 14.9. The van der Waals surface area contributed by atoms with E-state index in [1.54, 1.807) is 0 Å². The molecule has 0 atom stereocenters. The highest BCUT2D eigenvalue weighted by Crippen LogP contribution is 2.31. The molecule has 1 aromatic heterocycles. The molecule has 0 aliphatic carbocycles. The number of nitrogens with zero attached hydrogens (tertiary/aromatic N) is 2. The van der Waals surface area contributed by atoms with Gasteiger partial charge in [-0.05, 0) is 51.0 Å². The minimum atomic E-state index is 0.258. The average Bonchev–Trinajstić information content (AvgIpc) is 2.69. The van der Waals surface area contributed by atoms with Crippen molar-refractivity contribution in [2.45, 2.75) is 40.2 Å². The van der Waals surface area contributed by atoms with Gasteiger partial charge in [0.2, 0.25) is 0 Å². The van der Waals surface area contributed by atoms with Crippen LogP contribution in [0.3, 0.4) is 0 Å². The Labute approximate surface area is 128 Å². The second kappa shape index (κ2) is 5.87. The van der Waals surface area contributed by atoms with Gasteiger partial charge < -0.3 is 11.1 Å². The van der Waals surface area contributed by atoms with Crippen molar-refractivity contribution in [3.05, 3.63) is 33.9 Å². The second-order valence-corrected chi connectivity index (χ2v) is 6.08. The number of halogens is 1. The molecule has 0 saturated carbocycles. The number of nitrogens with two attached hydrogens (primary N) is 1. The predicted octanol–water partition coefficient (Wildman–Crippen LogP) is 4.42. The third kappa shape index (κ3) is 2.82. The van der Waals surface area contributed by atoms with E-state index >= 15 is 0 Å². The van der Waals surface area contributed by atoms with E-state index in [-0.39, 0.29) is 6.04 Å². The maximum Gasteiger partial charge on any atom is 0.152 e. The Bertz CT molecular complexity index is 617. The van der Waals surface area contributed by atoms with Crippen LogP contribution in [-0.4, -0.2) is 9.78 Å². The van der Waals surface area contributed by atoms with E-state index < -0.39 is 0 Å². The molecule has 2 rings (SSSR count). The van der Waals surface area contributed by atoms with Gasteiger partial charge in [0, 0.05) is 16.2 Å². The molecule has 1 heterocycles. The van der Waals surface area contributed by atoms with Crippen LogP contribution in [0.2, 0.25) is 0 Å². The Balaban J connectivity index is 2.44. The van der Waals surface area contributed by atoms with Gasteiger partial charge in [-0.3, -0.25) is 0 Å². The smallest absolute Gasteiger partial charge is 0.152 e. The van der Waals surface area contributed by atoms with Gasteiger partial charge in [-0.2, -0.15) is 5.10 Å². The minimum Gasteiger partial charge on any atom is -0.394 e. The van der Waals surface area contributed by atoms with Crippen LogP contribution in [0.5, 0.6) is 0 Å². The van der Waals surface area contributed by atoms with E-state index in [0.717, 1.165) is 28.1 Å². The van der Waals surface area contributed by atoms with Crippen molar-refractivity contribution in [2.24, 2.45) is 0 Å². The van der Waals surface area contributed by atoms with Gasteiger partial charge in [-0.1, -0.05) is 22.9 Å². The predicted molar refractivity (Wildman–Crippen MR) is 88.6 cm³/mol. The van der Waals surface area contributed by atoms with E-state index in [4.69, 9.17) is 5.73 Å². The summed E-state index contributed by atoms with van der Waals surface area (Å²) in [5.41, 5.74) is 10.0. The van der Waals surface area contributed by atoms with Gasteiger partial charge in [0.1, 0.15) is 0 Å².